The van der Waals surface area contributed by atoms with Crippen LogP contribution >= 0.6 is 0 Å². The summed E-state index contributed by atoms with van der Waals surface area (Å²) in [5.41, 5.74) is 6.14. The molecule has 0 aliphatic heterocycles. The molecule has 1 fully saturated rings. The number of ether oxygens (including phenoxy) is 2. The fourth-order valence-corrected chi connectivity index (χ4v) is 2.43. The van der Waals surface area contributed by atoms with E-state index in [4.69, 9.17) is 15.2 Å². The quantitative estimate of drug-likeness (QED) is 0.884. The van der Waals surface area contributed by atoms with Gasteiger partial charge in [0.15, 0.2) is 0 Å². The highest BCUT2D eigenvalue weighted by atomic mass is 16.5. The van der Waals surface area contributed by atoms with Gasteiger partial charge in [-0.2, -0.15) is 9.97 Å². The molecule has 2 N–H and O–H groups in total. The number of nitrogens with zero attached hydrogens (tertiary/aromatic N) is 2. The van der Waals surface area contributed by atoms with E-state index >= 15 is 0 Å². The molecular formula is C14H23N3O2. The SMILES string of the molecule is CCOc1cc(OCC2(N)CCCCC2)nc(C)n1. The molecule has 0 unspecified atom stereocenters. The second-order valence-corrected chi connectivity index (χ2v) is 5.24. The third-order valence-corrected chi connectivity index (χ3v) is 3.44. The first-order valence-electron chi connectivity index (χ1n) is 7.01. The summed E-state index contributed by atoms with van der Waals surface area (Å²) in [5, 5.41) is 0. The third kappa shape index (κ3) is 4.06. The predicted octanol–water partition coefficient (Wildman–Crippen LogP) is 2.22. The molecule has 5 nitrogen and oxygen atoms in total. The summed E-state index contributed by atoms with van der Waals surface area (Å²) in [4.78, 5) is 8.45. The van der Waals surface area contributed by atoms with Gasteiger partial charge in [-0.3, -0.25) is 0 Å². The highest BCUT2D eigenvalue weighted by Gasteiger charge is 2.28. The van der Waals surface area contributed by atoms with Gasteiger partial charge in [-0.1, -0.05) is 19.3 Å². The average Bonchev–Trinajstić information content (AvgIpc) is 2.37. The van der Waals surface area contributed by atoms with E-state index in [1.165, 1.54) is 19.3 Å². The van der Waals surface area contributed by atoms with E-state index in [-0.39, 0.29) is 5.54 Å². The number of aromatic nitrogens is 2. The molecule has 106 valence electrons. The minimum atomic E-state index is -0.205. The van der Waals surface area contributed by atoms with Crippen LogP contribution in [0, 0.1) is 6.92 Å². The van der Waals surface area contributed by atoms with Gasteiger partial charge in [0.05, 0.1) is 18.2 Å². The normalized spacial score (nSPS) is 18.1. The molecule has 2 rings (SSSR count). The Morgan fingerprint density at radius 3 is 2.42 bits per heavy atom. The van der Waals surface area contributed by atoms with Crippen LogP contribution in [0.5, 0.6) is 11.8 Å². The first kappa shape index (κ1) is 14.1. The minimum Gasteiger partial charge on any atom is -0.478 e. The summed E-state index contributed by atoms with van der Waals surface area (Å²) in [6, 6.07) is 1.72. The molecular weight excluding hydrogens is 242 g/mol. The zero-order chi connectivity index (χ0) is 13.7. The topological polar surface area (TPSA) is 70.3 Å². The van der Waals surface area contributed by atoms with Crippen LogP contribution in [0.25, 0.3) is 0 Å². The lowest BCUT2D eigenvalue weighted by atomic mass is 9.83. The van der Waals surface area contributed by atoms with Crippen LogP contribution in [0.3, 0.4) is 0 Å². The third-order valence-electron chi connectivity index (χ3n) is 3.44. The van der Waals surface area contributed by atoms with E-state index in [1.54, 1.807) is 6.07 Å². The van der Waals surface area contributed by atoms with Gasteiger partial charge >= 0.3 is 0 Å². The smallest absolute Gasteiger partial charge is 0.220 e. The summed E-state index contributed by atoms with van der Waals surface area (Å²) in [7, 11) is 0. The lowest BCUT2D eigenvalue weighted by molar-refractivity contribution is 0.168. The van der Waals surface area contributed by atoms with E-state index in [9.17, 15) is 0 Å². The Hall–Kier alpha value is -1.36. The minimum absolute atomic E-state index is 0.205. The molecule has 1 aromatic heterocycles. The lowest BCUT2D eigenvalue weighted by Gasteiger charge is -2.32. The molecule has 0 atom stereocenters. The number of aryl methyl sites for hydroxylation is 1. The maximum Gasteiger partial charge on any atom is 0.220 e. The van der Waals surface area contributed by atoms with Crippen molar-refractivity contribution in [2.45, 2.75) is 51.5 Å². The zero-order valence-corrected chi connectivity index (χ0v) is 11.8. The molecule has 0 aromatic carbocycles. The Morgan fingerprint density at radius 2 is 1.79 bits per heavy atom. The van der Waals surface area contributed by atoms with Gasteiger partial charge in [0, 0.05) is 0 Å². The number of nitrogens with two attached hydrogens (primary N) is 1. The predicted molar refractivity (Wildman–Crippen MR) is 73.4 cm³/mol. The summed E-state index contributed by atoms with van der Waals surface area (Å²) in [6.07, 6.45) is 5.70. The van der Waals surface area contributed by atoms with Gasteiger partial charge in [-0.05, 0) is 26.7 Å². The first-order valence-corrected chi connectivity index (χ1v) is 7.01. The Kier molecular flexibility index (Phi) is 4.58. The largest absolute Gasteiger partial charge is 0.478 e. The molecule has 1 aromatic rings. The second-order valence-electron chi connectivity index (χ2n) is 5.24. The van der Waals surface area contributed by atoms with Crippen molar-refractivity contribution in [3.63, 3.8) is 0 Å². The summed E-state index contributed by atoms with van der Waals surface area (Å²) in [5.74, 6) is 1.75. The van der Waals surface area contributed by atoms with Crippen molar-refractivity contribution in [2.24, 2.45) is 5.73 Å². The lowest BCUT2D eigenvalue weighted by Crippen LogP contribution is -2.47. The monoisotopic (exact) mass is 265 g/mol. The van der Waals surface area contributed by atoms with Crippen molar-refractivity contribution in [1.29, 1.82) is 0 Å². The van der Waals surface area contributed by atoms with Crippen molar-refractivity contribution >= 4 is 0 Å². The van der Waals surface area contributed by atoms with Crippen LogP contribution in [0.2, 0.25) is 0 Å². The molecule has 1 aliphatic carbocycles. The number of hydrogen-bond donors (Lipinski definition) is 1. The van der Waals surface area contributed by atoms with E-state index < -0.39 is 0 Å². The van der Waals surface area contributed by atoms with E-state index in [0.717, 1.165) is 12.8 Å². The van der Waals surface area contributed by atoms with Crippen molar-refractivity contribution in [2.75, 3.05) is 13.2 Å². The second kappa shape index (κ2) is 6.19. The van der Waals surface area contributed by atoms with Crippen molar-refractivity contribution < 1.29 is 9.47 Å². The molecule has 0 bridgehead atoms. The molecule has 1 saturated carbocycles. The summed E-state index contributed by atoms with van der Waals surface area (Å²) in [6.45, 7) is 4.84. The molecule has 0 saturated heterocycles. The number of hydrogen-bond acceptors (Lipinski definition) is 5. The van der Waals surface area contributed by atoms with Crippen molar-refractivity contribution in [3.05, 3.63) is 11.9 Å². The van der Waals surface area contributed by atoms with E-state index in [0.29, 0.717) is 30.8 Å². The van der Waals surface area contributed by atoms with E-state index in [2.05, 4.69) is 9.97 Å². The van der Waals surface area contributed by atoms with Crippen LogP contribution < -0.4 is 15.2 Å². The van der Waals surface area contributed by atoms with Crippen molar-refractivity contribution in [3.8, 4) is 11.8 Å². The van der Waals surface area contributed by atoms with Gasteiger partial charge in [-0.15, -0.1) is 0 Å². The molecule has 1 heterocycles. The maximum atomic E-state index is 6.34. The highest BCUT2D eigenvalue weighted by molar-refractivity contribution is 5.20. The van der Waals surface area contributed by atoms with Crippen LogP contribution in [0.1, 0.15) is 44.9 Å². The Balaban J connectivity index is 1.98. The highest BCUT2D eigenvalue weighted by Crippen LogP contribution is 2.27. The van der Waals surface area contributed by atoms with Gasteiger partial charge < -0.3 is 15.2 Å². The van der Waals surface area contributed by atoms with Crippen LogP contribution in [-0.4, -0.2) is 28.7 Å². The summed E-state index contributed by atoms with van der Waals surface area (Å²) >= 11 is 0. The van der Waals surface area contributed by atoms with Gasteiger partial charge in [-0.25, -0.2) is 0 Å². The summed E-state index contributed by atoms with van der Waals surface area (Å²) < 4.78 is 11.1. The molecule has 0 radical (unpaired) electrons. The van der Waals surface area contributed by atoms with Crippen LogP contribution in [0.15, 0.2) is 6.07 Å². The standard InChI is InChI=1S/C14H23N3O2/c1-3-18-12-9-13(17-11(2)16-12)19-10-14(15)7-5-4-6-8-14/h9H,3-8,10,15H2,1-2H3. The average molecular weight is 265 g/mol. The fraction of sp³-hybridized carbons (Fsp3) is 0.714. The van der Waals surface area contributed by atoms with E-state index in [1.807, 2.05) is 13.8 Å². The molecule has 5 heteroatoms. The van der Waals surface area contributed by atoms with Crippen LogP contribution in [0.4, 0.5) is 0 Å². The molecule has 1 aliphatic rings. The molecule has 0 amide bonds. The van der Waals surface area contributed by atoms with Crippen LogP contribution in [-0.2, 0) is 0 Å². The number of rotatable bonds is 5. The Labute approximate surface area is 114 Å². The van der Waals surface area contributed by atoms with Gasteiger partial charge in [0.2, 0.25) is 11.8 Å². The molecule has 0 spiro atoms. The van der Waals surface area contributed by atoms with Crippen molar-refractivity contribution in [1.82, 2.24) is 9.97 Å². The van der Waals surface area contributed by atoms with Gasteiger partial charge in [0.1, 0.15) is 12.4 Å². The zero-order valence-electron chi connectivity index (χ0n) is 11.8. The Morgan fingerprint density at radius 1 is 1.16 bits per heavy atom. The first-order chi connectivity index (χ1) is 9.11. The molecule has 19 heavy (non-hydrogen) atoms. The van der Waals surface area contributed by atoms with Gasteiger partial charge in [0.25, 0.3) is 0 Å². The Bertz CT molecular complexity index is 417. The fourth-order valence-electron chi connectivity index (χ4n) is 2.43. The maximum absolute atomic E-state index is 6.34.